The van der Waals surface area contributed by atoms with Gasteiger partial charge in [-0.15, -0.1) is 0 Å². The zero-order valence-electron chi connectivity index (χ0n) is 12.0. The Morgan fingerprint density at radius 1 is 1.29 bits per heavy atom. The Balaban J connectivity index is 1.87. The van der Waals surface area contributed by atoms with Crippen LogP contribution in [0.4, 0.5) is 0 Å². The van der Waals surface area contributed by atoms with Crippen molar-refractivity contribution in [1.82, 2.24) is 9.62 Å². The standard InChI is InChI=1S/C14H20N2O4S/c1-2-20-12-4-6-13(7-5-12)21(18,19)15-9-8-14(17)16-10-3-11-16/h4-7,15H,2-3,8-11H2,1H3. The summed E-state index contributed by atoms with van der Waals surface area (Å²) in [5, 5.41) is 0. The van der Waals surface area contributed by atoms with Gasteiger partial charge in [-0.1, -0.05) is 0 Å². The lowest BCUT2D eigenvalue weighted by molar-refractivity contribution is -0.134. The second-order valence-electron chi connectivity index (χ2n) is 4.79. The molecule has 1 N–H and O–H groups in total. The number of amides is 1. The maximum Gasteiger partial charge on any atom is 0.240 e. The number of nitrogens with one attached hydrogen (secondary N) is 1. The summed E-state index contributed by atoms with van der Waals surface area (Å²) < 4.78 is 31.8. The van der Waals surface area contributed by atoms with Crippen molar-refractivity contribution < 1.29 is 17.9 Å². The Kier molecular flexibility index (Phi) is 5.19. The topological polar surface area (TPSA) is 75.7 Å². The Morgan fingerprint density at radius 3 is 2.48 bits per heavy atom. The number of ether oxygens (including phenoxy) is 1. The van der Waals surface area contributed by atoms with Crippen molar-refractivity contribution in [2.24, 2.45) is 0 Å². The lowest BCUT2D eigenvalue weighted by atomic mass is 10.2. The number of benzene rings is 1. The van der Waals surface area contributed by atoms with Gasteiger partial charge in [0.25, 0.3) is 0 Å². The van der Waals surface area contributed by atoms with Gasteiger partial charge in [-0.25, -0.2) is 13.1 Å². The molecule has 1 aromatic rings. The van der Waals surface area contributed by atoms with Gasteiger partial charge in [-0.05, 0) is 37.6 Å². The zero-order valence-corrected chi connectivity index (χ0v) is 12.9. The van der Waals surface area contributed by atoms with Crippen molar-refractivity contribution in [1.29, 1.82) is 0 Å². The van der Waals surface area contributed by atoms with Crippen molar-refractivity contribution in [3.8, 4) is 5.75 Å². The molecular formula is C14H20N2O4S. The van der Waals surface area contributed by atoms with Crippen LogP contribution in [0, 0.1) is 0 Å². The summed E-state index contributed by atoms with van der Waals surface area (Å²) >= 11 is 0. The molecule has 1 fully saturated rings. The Morgan fingerprint density at radius 2 is 1.95 bits per heavy atom. The quantitative estimate of drug-likeness (QED) is 0.814. The summed E-state index contributed by atoms with van der Waals surface area (Å²) in [7, 11) is -3.58. The maximum atomic E-state index is 12.1. The van der Waals surface area contributed by atoms with Crippen molar-refractivity contribution in [2.45, 2.75) is 24.7 Å². The molecule has 1 aliphatic heterocycles. The fourth-order valence-corrected chi connectivity index (χ4v) is 3.01. The molecule has 7 heteroatoms. The van der Waals surface area contributed by atoms with Crippen LogP contribution in [-0.2, 0) is 14.8 Å². The molecule has 116 valence electrons. The summed E-state index contributed by atoms with van der Waals surface area (Å²) in [4.78, 5) is 13.5. The highest BCUT2D eigenvalue weighted by atomic mass is 32.2. The van der Waals surface area contributed by atoms with Gasteiger partial charge in [-0.2, -0.15) is 0 Å². The molecule has 0 unspecified atom stereocenters. The summed E-state index contributed by atoms with van der Waals surface area (Å²) in [6.45, 7) is 4.07. The normalized spacial score (nSPS) is 14.6. The minimum Gasteiger partial charge on any atom is -0.494 e. The van der Waals surface area contributed by atoms with Crippen LogP contribution >= 0.6 is 0 Å². The lowest BCUT2D eigenvalue weighted by Crippen LogP contribution is -2.43. The number of carbonyl (C=O) groups excluding carboxylic acids is 1. The van der Waals surface area contributed by atoms with E-state index in [2.05, 4.69) is 4.72 Å². The van der Waals surface area contributed by atoms with Gasteiger partial charge in [0, 0.05) is 26.1 Å². The van der Waals surface area contributed by atoms with Gasteiger partial charge in [0.05, 0.1) is 11.5 Å². The number of likely N-dealkylation sites (tertiary alicyclic amines) is 1. The predicted octanol–water partition coefficient (Wildman–Crippen LogP) is 0.986. The van der Waals surface area contributed by atoms with Crippen molar-refractivity contribution in [3.05, 3.63) is 24.3 Å². The Hall–Kier alpha value is -1.60. The summed E-state index contributed by atoms with van der Waals surface area (Å²) in [5.74, 6) is 0.625. The Labute approximate surface area is 125 Å². The molecule has 0 bridgehead atoms. The first kappa shape index (κ1) is 15.8. The third-order valence-electron chi connectivity index (χ3n) is 3.28. The molecule has 6 nitrogen and oxygen atoms in total. The van der Waals surface area contributed by atoms with E-state index in [1.54, 1.807) is 17.0 Å². The number of hydrogen-bond donors (Lipinski definition) is 1. The maximum absolute atomic E-state index is 12.1. The van der Waals surface area contributed by atoms with Crippen LogP contribution in [0.2, 0.25) is 0 Å². The number of nitrogens with zero attached hydrogens (tertiary/aromatic N) is 1. The molecule has 1 saturated heterocycles. The molecule has 0 aliphatic carbocycles. The first-order valence-corrected chi connectivity index (χ1v) is 8.51. The SMILES string of the molecule is CCOc1ccc(S(=O)(=O)NCCC(=O)N2CCC2)cc1. The average Bonchev–Trinajstić information content (AvgIpc) is 2.37. The van der Waals surface area contributed by atoms with E-state index >= 15 is 0 Å². The molecule has 1 aromatic carbocycles. The van der Waals surface area contributed by atoms with Gasteiger partial charge < -0.3 is 9.64 Å². The second-order valence-corrected chi connectivity index (χ2v) is 6.55. The number of rotatable bonds is 7. The fourth-order valence-electron chi connectivity index (χ4n) is 1.98. The Bertz CT molecular complexity index is 579. The highest BCUT2D eigenvalue weighted by molar-refractivity contribution is 7.89. The molecule has 0 spiro atoms. The van der Waals surface area contributed by atoms with E-state index in [9.17, 15) is 13.2 Å². The van der Waals surface area contributed by atoms with E-state index in [-0.39, 0.29) is 23.8 Å². The summed E-state index contributed by atoms with van der Waals surface area (Å²) in [5.41, 5.74) is 0. The highest BCUT2D eigenvalue weighted by Gasteiger charge is 2.20. The number of sulfonamides is 1. The van der Waals surface area contributed by atoms with E-state index in [1.165, 1.54) is 12.1 Å². The molecule has 21 heavy (non-hydrogen) atoms. The van der Waals surface area contributed by atoms with Gasteiger partial charge >= 0.3 is 0 Å². The molecule has 1 heterocycles. The van der Waals surface area contributed by atoms with Gasteiger partial charge in [0.1, 0.15) is 5.75 Å². The molecule has 2 rings (SSSR count). The molecule has 0 radical (unpaired) electrons. The van der Waals surface area contributed by atoms with Crippen LogP contribution in [0.5, 0.6) is 5.75 Å². The molecule has 0 saturated carbocycles. The second kappa shape index (κ2) is 6.91. The van der Waals surface area contributed by atoms with Crippen LogP contribution in [-0.4, -0.2) is 45.5 Å². The monoisotopic (exact) mass is 312 g/mol. The van der Waals surface area contributed by atoms with Crippen LogP contribution in [0.15, 0.2) is 29.2 Å². The summed E-state index contributed by atoms with van der Waals surface area (Å²) in [6, 6.07) is 6.21. The van der Waals surface area contributed by atoms with Crippen LogP contribution in [0.1, 0.15) is 19.8 Å². The molecule has 0 atom stereocenters. The van der Waals surface area contributed by atoms with Gasteiger partial charge in [0.2, 0.25) is 15.9 Å². The van der Waals surface area contributed by atoms with E-state index in [0.717, 1.165) is 19.5 Å². The molecular weight excluding hydrogens is 292 g/mol. The molecule has 1 aliphatic rings. The van der Waals surface area contributed by atoms with Gasteiger partial charge in [-0.3, -0.25) is 4.79 Å². The first-order valence-electron chi connectivity index (χ1n) is 7.03. The molecule has 1 amide bonds. The number of carbonyl (C=O) groups is 1. The average molecular weight is 312 g/mol. The van der Waals surface area contributed by atoms with E-state index in [1.807, 2.05) is 6.92 Å². The smallest absolute Gasteiger partial charge is 0.240 e. The number of hydrogen-bond acceptors (Lipinski definition) is 4. The predicted molar refractivity (Wildman–Crippen MR) is 78.6 cm³/mol. The molecule has 0 aromatic heterocycles. The van der Waals surface area contributed by atoms with Crippen LogP contribution in [0.25, 0.3) is 0 Å². The van der Waals surface area contributed by atoms with Crippen molar-refractivity contribution in [3.63, 3.8) is 0 Å². The van der Waals surface area contributed by atoms with Crippen LogP contribution in [0.3, 0.4) is 0 Å². The fraction of sp³-hybridized carbons (Fsp3) is 0.500. The summed E-state index contributed by atoms with van der Waals surface area (Å²) in [6.07, 6.45) is 1.22. The minimum atomic E-state index is -3.58. The zero-order chi connectivity index (χ0) is 15.3. The third kappa shape index (κ3) is 4.18. The van der Waals surface area contributed by atoms with E-state index in [4.69, 9.17) is 4.74 Å². The van der Waals surface area contributed by atoms with E-state index in [0.29, 0.717) is 12.4 Å². The van der Waals surface area contributed by atoms with E-state index < -0.39 is 10.0 Å². The van der Waals surface area contributed by atoms with Crippen molar-refractivity contribution >= 4 is 15.9 Å². The lowest BCUT2D eigenvalue weighted by Gasteiger charge is -2.30. The third-order valence-corrected chi connectivity index (χ3v) is 4.76. The largest absolute Gasteiger partial charge is 0.494 e. The van der Waals surface area contributed by atoms with Crippen LogP contribution < -0.4 is 9.46 Å². The van der Waals surface area contributed by atoms with Gasteiger partial charge in [0.15, 0.2) is 0 Å². The van der Waals surface area contributed by atoms with Crippen molar-refractivity contribution in [2.75, 3.05) is 26.2 Å². The first-order chi connectivity index (χ1) is 10.0. The minimum absolute atomic E-state index is 0.00403. The highest BCUT2D eigenvalue weighted by Crippen LogP contribution is 2.16.